The number of amides is 1. The van der Waals surface area contributed by atoms with Gasteiger partial charge in [0.05, 0.1) is 19.6 Å². The fourth-order valence-corrected chi connectivity index (χ4v) is 2.42. The maximum atomic E-state index is 11.7. The van der Waals surface area contributed by atoms with Crippen LogP contribution in [0.4, 0.5) is 0 Å². The molecule has 0 aromatic carbocycles. The van der Waals surface area contributed by atoms with Gasteiger partial charge in [0.2, 0.25) is 0 Å². The fourth-order valence-electron chi connectivity index (χ4n) is 2.11. The van der Waals surface area contributed by atoms with Gasteiger partial charge in [0.1, 0.15) is 0 Å². The number of hydrogen-bond acceptors (Lipinski definition) is 3. The molecule has 1 aromatic rings. The number of rotatable bonds is 5. The molecule has 6 heteroatoms. The summed E-state index contributed by atoms with van der Waals surface area (Å²) in [6, 6.07) is 3.32. The lowest BCUT2D eigenvalue weighted by Gasteiger charge is -2.23. The van der Waals surface area contributed by atoms with Crippen LogP contribution < -0.4 is 15.8 Å². The molecule has 0 saturated carbocycles. The first-order valence-corrected chi connectivity index (χ1v) is 7.32. The van der Waals surface area contributed by atoms with Crippen LogP contribution in [0, 0.1) is 0 Å². The van der Waals surface area contributed by atoms with Crippen molar-refractivity contribution in [3.05, 3.63) is 34.3 Å². The molecule has 0 fully saturated rings. The maximum Gasteiger partial charge on any atom is 0.305 e. The summed E-state index contributed by atoms with van der Waals surface area (Å²) in [5.41, 5.74) is 6.68. The lowest BCUT2D eigenvalue weighted by Crippen LogP contribution is -3.12. The third-order valence-corrected chi connectivity index (χ3v) is 3.55. The number of nitrogens with one attached hydrogen (secondary N) is 3. The topological polar surface area (TPSA) is 58.7 Å². The molecule has 1 aromatic heterocycles. The highest BCUT2D eigenvalue weighted by atomic mass is 79.9. The van der Waals surface area contributed by atoms with Gasteiger partial charge in [-0.2, -0.15) is 0 Å². The molecule has 2 heterocycles. The van der Waals surface area contributed by atoms with Crippen molar-refractivity contribution in [2.45, 2.75) is 19.8 Å². The lowest BCUT2D eigenvalue weighted by atomic mass is 10.2. The van der Waals surface area contributed by atoms with E-state index in [1.165, 1.54) is 13.0 Å². The molecule has 0 aliphatic carbocycles. The van der Waals surface area contributed by atoms with Crippen LogP contribution >= 0.6 is 15.9 Å². The van der Waals surface area contributed by atoms with Crippen LogP contribution in [0.15, 0.2) is 33.0 Å². The van der Waals surface area contributed by atoms with Crippen molar-refractivity contribution in [3.63, 3.8) is 0 Å². The summed E-state index contributed by atoms with van der Waals surface area (Å²) >= 11 is 3.17. The zero-order chi connectivity index (χ0) is 13.7. The number of hydrazine groups is 1. The Morgan fingerprint density at radius 2 is 2.37 bits per heavy atom. The molecule has 1 atom stereocenters. The van der Waals surface area contributed by atoms with E-state index in [1.807, 2.05) is 0 Å². The molecule has 0 spiro atoms. The number of hydrogen-bond donors (Lipinski definition) is 3. The molecule has 0 bridgehead atoms. The van der Waals surface area contributed by atoms with Crippen LogP contribution in [-0.4, -0.2) is 25.5 Å². The normalized spacial score (nSPS) is 18.8. The van der Waals surface area contributed by atoms with Gasteiger partial charge in [0.15, 0.2) is 10.4 Å². The monoisotopic (exact) mass is 328 g/mol. The maximum absolute atomic E-state index is 11.7. The van der Waals surface area contributed by atoms with Gasteiger partial charge in [-0.1, -0.05) is 6.92 Å². The third-order valence-electron chi connectivity index (χ3n) is 3.12. The van der Waals surface area contributed by atoms with Crippen molar-refractivity contribution < 1.29 is 14.1 Å². The molecule has 0 radical (unpaired) electrons. The van der Waals surface area contributed by atoms with E-state index in [1.54, 1.807) is 17.0 Å². The average Bonchev–Trinajstić information content (AvgIpc) is 2.85. The molecule has 1 aliphatic heterocycles. The Balaban J connectivity index is 1.78. The highest BCUT2D eigenvalue weighted by Crippen LogP contribution is 2.13. The number of furan rings is 1. The minimum absolute atomic E-state index is 0.269. The second kappa shape index (κ2) is 6.77. The van der Waals surface area contributed by atoms with Crippen LogP contribution in [0.3, 0.4) is 0 Å². The van der Waals surface area contributed by atoms with Gasteiger partial charge in [-0.05, 0) is 40.6 Å². The molecule has 2 rings (SSSR count). The van der Waals surface area contributed by atoms with Gasteiger partial charge in [-0.15, -0.1) is 0 Å². The fraction of sp³-hybridized carbons (Fsp3) is 0.462. The Morgan fingerprint density at radius 3 is 2.95 bits per heavy atom. The largest absolute Gasteiger partial charge is 0.444 e. The van der Waals surface area contributed by atoms with Crippen LogP contribution in [0.1, 0.15) is 30.3 Å². The molecule has 1 amide bonds. The van der Waals surface area contributed by atoms with Gasteiger partial charge >= 0.3 is 5.91 Å². The van der Waals surface area contributed by atoms with Gasteiger partial charge in [-0.3, -0.25) is 10.2 Å². The van der Waals surface area contributed by atoms with Crippen molar-refractivity contribution in [1.82, 2.24) is 10.9 Å². The van der Waals surface area contributed by atoms with Crippen molar-refractivity contribution >= 4 is 21.8 Å². The summed E-state index contributed by atoms with van der Waals surface area (Å²) in [6.07, 6.45) is 4.31. The van der Waals surface area contributed by atoms with Crippen LogP contribution in [-0.2, 0) is 0 Å². The molecule has 104 valence electrons. The smallest absolute Gasteiger partial charge is 0.305 e. The van der Waals surface area contributed by atoms with E-state index >= 15 is 0 Å². The van der Waals surface area contributed by atoms with E-state index in [0.29, 0.717) is 4.67 Å². The first-order chi connectivity index (χ1) is 9.19. The second-order valence-corrected chi connectivity index (χ2v) is 5.40. The van der Waals surface area contributed by atoms with Crippen LogP contribution in [0.2, 0.25) is 0 Å². The van der Waals surface area contributed by atoms with Gasteiger partial charge in [0.25, 0.3) is 0 Å². The molecule has 0 saturated heterocycles. The zero-order valence-electron chi connectivity index (χ0n) is 11.0. The highest BCUT2D eigenvalue weighted by Gasteiger charge is 2.15. The summed E-state index contributed by atoms with van der Waals surface area (Å²) in [6.45, 7) is 5.52. The molecular weight excluding hydrogens is 310 g/mol. The Morgan fingerprint density at radius 1 is 1.53 bits per heavy atom. The predicted octanol–water partition coefficient (Wildman–Crippen LogP) is 0.859. The van der Waals surface area contributed by atoms with Crippen molar-refractivity contribution in [2.24, 2.45) is 0 Å². The number of carbonyl (C=O) groups excluding carboxylic acids is 1. The SMILES string of the molecule is CCC[NH+]1CC=C(NNC(=O)c2ccc(Br)o2)CC1. The van der Waals surface area contributed by atoms with E-state index in [-0.39, 0.29) is 11.7 Å². The average molecular weight is 329 g/mol. The van der Waals surface area contributed by atoms with E-state index in [9.17, 15) is 4.79 Å². The molecule has 19 heavy (non-hydrogen) atoms. The Kier molecular flexibility index (Phi) is 5.04. The van der Waals surface area contributed by atoms with E-state index in [2.05, 4.69) is 39.8 Å². The predicted molar refractivity (Wildman–Crippen MR) is 75.6 cm³/mol. The summed E-state index contributed by atoms with van der Waals surface area (Å²) in [5.74, 6) is 0.0175. The van der Waals surface area contributed by atoms with Gasteiger partial charge < -0.3 is 14.7 Å². The zero-order valence-corrected chi connectivity index (χ0v) is 12.5. The third kappa shape index (κ3) is 4.11. The van der Waals surface area contributed by atoms with Crippen LogP contribution in [0.25, 0.3) is 0 Å². The summed E-state index contributed by atoms with van der Waals surface area (Å²) in [7, 11) is 0. The standard InChI is InChI=1S/C13H18BrN3O2/c1-2-7-17-8-5-10(6-9-17)15-16-13(18)11-3-4-12(14)19-11/h3-5,15H,2,6-9H2,1H3,(H,16,18)/p+1. The molecule has 5 nitrogen and oxygen atoms in total. The van der Waals surface area contributed by atoms with Gasteiger partial charge in [-0.25, -0.2) is 0 Å². The molecular formula is C13H19BrN3O2+. The van der Waals surface area contributed by atoms with Crippen LogP contribution in [0.5, 0.6) is 0 Å². The first kappa shape index (κ1) is 14.1. The minimum Gasteiger partial charge on any atom is -0.444 e. The van der Waals surface area contributed by atoms with Crippen molar-refractivity contribution in [2.75, 3.05) is 19.6 Å². The minimum atomic E-state index is -0.269. The highest BCUT2D eigenvalue weighted by molar-refractivity contribution is 9.10. The number of halogens is 1. The summed E-state index contributed by atoms with van der Waals surface area (Å²) in [5, 5.41) is 0. The first-order valence-electron chi connectivity index (χ1n) is 6.53. The summed E-state index contributed by atoms with van der Waals surface area (Å²) < 4.78 is 5.72. The number of carbonyl (C=O) groups is 1. The Bertz CT molecular complexity index is 470. The van der Waals surface area contributed by atoms with E-state index in [0.717, 1.165) is 25.2 Å². The van der Waals surface area contributed by atoms with Gasteiger partial charge in [0, 0.05) is 12.1 Å². The Labute approximate surface area is 121 Å². The van der Waals surface area contributed by atoms with Crippen molar-refractivity contribution in [1.29, 1.82) is 0 Å². The number of quaternary nitrogens is 1. The lowest BCUT2D eigenvalue weighted by molar-refractivity contribution is -0.895. The molecule has 1 aliphatic rings. The molecule has 3 N–H and O–H groups in total. The Hall–Kier alpha value is -1.27. The van der Waals surface area contributed by atoms with Crippen molar-refractivity contribution in [3.8, 4) is 0 Å². The second-order valence-electron chi connectivity index (χ2n) is 4.62. The molecule has 1 unspecified atom stereocenters. The van der Waals surface area contributed by atoms with E-state index in [4.69, 9.17) is 4.42 Å². The quantitative estimate of drug-likeness (QED) is 0.703. The summed E-state index contributed by atoms with van der Waals surface area (Å²) in [4.78, 5) is 13.3. The van der Waals surface area contributed by atoms with E-state index < -0.39 is 0 Å².